The number of rotatable bonds is 4. The van der Waals surface area contributed by atoms with Crippen LogP contribution >= 0.6 is 0 Å². The maximum absolute atomic E-state index is 13.1. The fraction of sp³-hybridized carbons (Fsp3) is 0.300. The first kappa shape index (κ1) is 16.0. The van der Waals surface area contributed by atoms with Gasteiger partial charge in [0.05, 0.1) is 11.9 Å². The molecular weight excluding hydrogens is 315 g/mol. The molecule has 128 valence electrons. The van der Waals surface area contributed by atoms with Crippen molar-refractivity contribution in [3.8, 4) is 5.69 Å². The molecular formula is C20H21FN4. The summed E-state index contributed by atoms with van der Waals surface area (Å²) in [5.74, 6) is -0.233. The highest BCUT2D eigenvalue weighted by Gasteiger charge is 2.24. The van der Waals surface area contributed by atoms with Gasteiger partial charge in [0.1, 0.15) is 5.82 Å². The van der Waals surface area contributed by atoms with Gasteiger partial charge in [-0.1, -0.05) is 12.5 Å². The van der Waals surface area contributed by atoms with E-state index in [1.54, 1.807) is 16.8 Å². The minimum absolute atomic E-state index is 0.233. The van der Waals surface area contributed by atoms with E-state index in [-0.39, 0.29) is 5.82 Å². The first-order chi connectivity index (χ1) is 12.3. The number of pyridine rings is 1. The van der Waals surface area contributed by atoms with Crippen LogP contribution in [-0.4, -0.2) is 26.2 Å². The van der Waals surface area contributed by atoms with Gasteiger partial charge in [0.2, 0.25) is 0 Å². The lowest BCUT2D eigenvalue weighted by molar-refractivity contribution is 0.140. The van der Waals surface area contributed by atoms with Crippen LogP contribution in [0.15, 0.2) is 61.2 Å². The average molecular weight is 336 g/mol. The standard InChI is InChI=1S/C20H21FN4/c21-18-6-8-19(9-7-18)25-15-16(12-23-25)14-24-11-2-1-5-20(24)17-4-3-10-22-13-17/h3-4,6-10,12-13,15,20H,1-2,5,11,14H2/t20-/m1/s1. The Morgan fingerprint density at radius 3 is 2.76 bits per heavy atom. The van der Waals surface area contributed by atoms with Crippen LogP contribution in [-0.2, 0) is 6.54 Å². The monoisotopic (exact) mass is 336 g/mol. The molecule has 0 unspecified atom stereocenters. The molecule has 1 aliphatic rings. The van der Waals surface area contributed by atoms with Crippen LogP contribution < -0.4 is 0 Å². The number of hydrogen-bond donors (Lipinski definition) is 0. The Morgan fingerprint density at radius 1 is 1.08 bits per heavy atom. The normalized spacial score (nSPS) is 18.4. The summed E-state index contributed by atoms with van der Waals surface area (Å²) < 4.78 is 14.9. The van der Waals surface area contributed by atoms with Crippen molar-refractivity contribution >= 4 is 0 Å². The summed E-state index contributed by atoms with van der Waals surface area (Å²) in [6, 6.07) is 11.0. The largest absolute Gasteiger partial charge is 0.292 e. The van der Waals surface area contributed by atoms with E-state index in [0.717, 1.165) is 25.2 Å². The van der Waals surface area contributed by atoms with Gasteiger partial charge in [0.25, 0.3) is 0 Å². The van der Waals surface area contributed by atoms with Gasteiger partial charge in [0.15, 0.2) is 0 Å². The van der Waals surface area contributed by atoms with Gasteiger partial charge >= 0.3 is 0 Å². The molecule has 0 amide bonds. The van der Waals surface area contributed by atoms with E-state index in [9.17, 15) is 4.39 Å². The summed E-state index contributed by atoms with van der Waals surface area (Å²) >= 11 is 0. The molecule has 4 rings (SSSR count). The van der Waals surface area contributed by atoms with E-state index in [2.05, 4.69) is 21.0 Å². The Labute approximate surface area is 146 Å². The molecule has 3 heterocycles. The smallest absolute Gasteiger partial charge is 0.123 e. The molecule has 1 aliphatic heterocycles. The van der Waals surface area contributed by atoms with Gasteiger partial charge < -0.3 is 0 Å². The van der Waals surface area contributed by atoms with Crippen molar-refractivity contribution in [3.05, 3.63) is 78.1 Å². The summed E-state index contributed by atoms with van der Waals surface area (Å²) in [7, 11) is 0. The third-order valence-corrected chi connectivity index (χ3v) is 4.80. The lowest BCUT2D eigenvalue weighted by atomic mass is 9.96. The molecule has 0 radical (unpaired) electrons. The topological polar surface area (TPSA) is 34.0 Å². The quantitative estimate of drug-likeness (QED) is 0.718. The Bertz CT molecular complexity index is 813. The van der Waals surface area contributed by atoms with E-state index in [1.807, 2.05) is 30.9 Å². The van der Waals surface area contributed by atoms with Crippen LogP contribution in [0.3, 0.4) is 0 Å². The highest BCUT2D eigenvalue weighted by atomic mass is 19.1. The minimum Gasteiger partial charge on any atom is -0.292 e. The maximum Gasteiger partial charge on any atom is 0.123 e. The fourth-order valence-electron chi connectivity index (χ4n) is 3.54. The van der Waals surface area contributed by atoms with Crippen LogP contribution in [0.1, 0.15) is 36.4 Å². The predicted octanol–water partition coefficient (Wildman–Crippen LogP) is 4.13. The molecule has 2 aromatic heterocycles. The van der Waals surface area contributed by atoms with Crippen LogP contribution in [0.2, 0.25) is 0 Å². The molecule has 0 saturated carbocycles. The predicted molar refractivity (Wildman–Crippen MR) is 94.8 cm³/mol. The Morgan fingerprint density at radius 2 is 1.96 bits per heavy atom. The van der Waals surface area contributed by atoms with Crippen LogP contribution in [0.5, 0.6) is 0 Å². The molecule has 1 saturated heterocycles. The average Bonchev–Trinajstić information content (AvgIpc) is 3.12. The van der Waals surface area contributed by atoms with Crippen molar-refractivity contribution in [1.82, 2.24) is 19.7 Å². The molecule has 25 heavy (non-hydrogen) atoms. The van der Waals surface area contributed by atoms with Crippen LogP contribution in [0.4, 0.5) is 4.39 Å². The molecule has 1 aromatic carbocycles. The van der Waals surface area contributed by atoms with Crippen LogP contribution in [0.25, 0.3) is 5.69 Å². The third-order valence-electron chi connectivity index (χ3n) is 4.80. The highest BCUT2D eigenvalue weighted by Crippen LogP contribution is 2.31. The zero-order valence-electron chi connectivity index (χ0n) is 14.1. The zero-order valence-corrected chi connectivity index (χ0v) is 14.1. The SMILES string of the molecule is Fc1ccc(-n2cc(CN3CCCC[C@@H]3c3cccnc3)cn2)cc1. The van der Waals surface area contributed by atoms with E-state index >= 15 is 0 Å². The minimum atomic E-state index is -0.233. The van der Waals surface area contributed by atoms with Crippen molar-refractivity contribution in [2.45, 2.75) is 31.8 Å². The van der Waals surface area contributed by atoms with Crippen LogP contribution in [0, 0.1) is 5.82 Å². The Balaban J connectivity index is 1.51. The molecule has 1 fully saturated rings. The summed E-state index contributed by atoms with van der Waals surface area (Å²) in [6.45, 7) is 1.95. The fourth-order valence-corrected chi connectivity index (χ4v) is 3.54. The Kier molecular flexibility index (Phi) is 4.57. The van der Waals surface area contributed by atoms with E-state index in [4.69, 9.17) is 0 Å². The molecule has 0 spiro atoms. The third kappa shape index (κ3) is 3.61. The summed E-state index contributed by atoms with van der Waals surface area (Å²) in [6.07, 6.45) is 11.4. The first-order valence-electron chi connectivity index (χ1n) is 8.73. The lowest BCUT2D eigenvalue weighted by Gasteiger charge is -2.35. The van der Waals surface area contributed by atoms with Gasteiger partial charge in [-0.3, -0.25) is 9.88 Å². The molecule has 5 heteroatoms. The van der Waals surface area contributed by atoms with Crippen molar-refractivity contribution in [3.63, 3.8) is 0 Å². The van der Waals surface area contributed by atoms with E-state index in [1.165, 1.54) is 36.1 Å². The highest BCUT2D eigenvalue weighted by molar-refractivity contribution is 5.31. The van der Waals surface area contributed by atoms with Gasteiger partial charge in [-0.2, -0.15) is 5.10 Å². The molecule has 4 nitrogen and oxygen atoms in total. The second-order valence-corrected chi connectivity index (χ2v) is 6.54. The lowest BCUT2D eigenvalue weighted by Crippen LogP contribution is -2.32. The maximum atomic E-state index is 13.1. The summed E-state index contributed by atoms with van der Waals surface area (Å²) in [4.78, 5) is 6.78. The summed E-state index contributed by atoms with van der Waals surface area (Å²) in [5.41, 5.74) is 3.32. The number of likely N-dealkylation sites (tertiary alicyclic amines) is 1. The van der Waals surface area contributed by atoms with Gasteiger partial charge in [-0.15, -0.1) is 0 Å². The zero-order chi connectivity index (χ0) is 17.1. The molecule has 1 atom stereocenters. The molecule has 0 aliphatic carbocycles. The molecule has 3 aromatic rings. The number of aromatic nitrogens is 3. The second-order valence-electron chi connectivity index (χ2n) is 6.54. The van der Waals surface area contributed by atoms with Crippen molar-refractivity contribution in [1.29, 1.82) is 0 Å². The first-order valence-corrected chi connectivity index (χ1v) is 8.73. The molecule has 0 bridgehead atoms. The number of piperidine rings is 1. The number of benzene rings is 1. The summed E-state index contributed by atoms with van der Waals surface area (Å²) in [5, 5.41) is 4.43. The number of halogens is 1. The van der Waals surface area contributed by atoms with E-state index in [0.29, 0.717) is 6.04 Å². The number of hydrogen-bond acceptors (Lipinski definition) is 3. The second kappa shape index (κ2) is 7.15. The molecule has 0 N–H and O–H groups in total. The van der Waals surface area contributed by atoms with Gasteiger partial charge in [-0.25, -0.2) is 9.07 Å². The number of nitrogens with zero attached hydrogens (tertiary/aromatic N) is 4. The van der Waals surface area contributed by atoms with E-state index < -0.39 is 0 Å². The van der Waals surface area contributed by atoms with Crippen molar-refractivity contribution in [2.24, 2.45) is 0 Å². The van der Waals surface area contributed by atoms with Gasteiger partial charge in [0, 0.05) is 36.7 Å². The van der Waals surface area contributed by atoms with Crippen molar-refractivity contribution in [2.75, 3.05) is 6.54 Å². The van der Waals surface area contributed by atoms with Crippen molar-refractivity contribution < 1.29 is 4.39 Å². The Hall–Kier alpha value is -2.53. The van der Waals surface area contributed by atoms with Gasteiger partial charge in [-0.05, 0) is 55.3 Å².